The van der Waals surface area contributed by atoms with E-state index in [1.807, 2.05) is 37.3 Å². The Morgan fingerprint density at radius 1 is 1.39 bits per heavy atom. The predicted molar refractivity (Wildman–Crippen MR) is 72.0 cm³/mol. The molecule has 0 aliphatic heterocycles. The molecule has 0 bridgehead atoms. The molecule has 1 unspecified atom stereocenters. The first kappa shape index (κ1) is 14.7. The number of nitrogens with two attached hydrogens (primary N) is 1. The molecule has 0 heterocycles. The number of amides is 1. The zero-order valence-electron chi connectivity index (χ0n) is 10.8. The van der Waals surface area contributed by atoms with Crippen molar-refractivity contribution in [3.05, 3.63) is 35.9 Å². The third-order valence-corrected chi connectivity index (χ3v) is 2.88. The number of aliphatic hydroxyl groups is 1. The van der Waals surface area contributed by atoms with Crippen LogP contribution in [-0.2, 0) is 11.2 Å². The van der Waals surface area contributed by atoms with Gasteiger partial charge in [0.15, 0.2) is 0 Å². The number of carbonyl (C=O) groups is 1. The van der Waals surface area contributed by atoms with Crippen molar-refractivity contribution in [3.63, 3.8) is 0 Å². The lowest BCUT2D eigenvalue weighted by Crippen LogP contribution is -2.43. The summed E-state index contributed by atoms with van der Waals surface area (Å²) in [6.45, 7) is 2.69. The van der Waals surface area contributed by atoms with E-state index in [2.05, 4.69) is 5.32 Å². The lowest BCUT2D eigenvalue weighted by molar-refractivity contribution is -0.122. The van der Waals surface area contributed by atoms with Crippen LogP contribution in [0.2, 0.25) is 0 Å². The third-order valence-electron chi connectivity index (χ3n) is 2.88. The Morgan fingerprint density at radius 2 is 2.06 bits per heavy atom. The lowest BCUT2D eigenvalue weighted by atomic mass is 10.1. The summed E-state index contributed by atoms with van der Waals surface area (Å²) in [5.74, 6) is 0.131. The van der Waals surface area contributed by atoms with Crippen molar-refractivity contribution in [3.8, 4) is 0 Å². The molecule has 0 saturated carbocycles. The van der Waals surface area contributed by atoms with Gasteiger partial charge in [0.25, 0.3) is 0 Å². The van der Waals surface area contributed by atoms with Crippen LogP contribution in [0.5, 0.6) is 0 Å². The molecular weight excluding hydrogens is 228 g/mol. The summed E-state index contributed by atoms with van der Waals surface area (Å²) < 4.78 is 0. The molecule has 0 aliphatic carbocycles. The van der Waals surface area contributed by atoms with Gasteiger partial charge in [-0.25, -0.2) is 0 Å². The summed E-state index contributed by atoms with van der Waals surface area (Å²) in [5.41, 5.74) is 6.91. The number of hydrogen-bond acceptors (Lipinski definition) is 3. The number of hydrogen-bond donors (Lipinski definition) is 3. The summed E-state index contributed by atoms with van der Waals surface area (Å²) >= 11 is 0. The first-order chi connectivity index (χ1) is 8.63. The van der Waals surface area contributed by atoms with Crippen LogP contribution in [0.4, 0.5) is 0 Å². The highest BCUT2D eigenvalue weighted by atomic mass is 16.3. The number of nitrogens with one attached hydrogen (secondary N) is 1. The van der Waals surface area contributed by atoms with Gasteiger partial charge in [-0.05, 0) is 24.3 Å². The number of aliphatic hydroxyl groups excluding tert-OH is 1. The largest absolute Gasteiger partial charge is 0.396 e. The minimum absolute atomic E-state index is 0.136. The molecule has 0 spiro atoms. The van der Waals surface area contributed by atoms with Crippen LogP contribution < -0.4 is 11.1 Å². The molecule has 2 atom stereocenters. The maximum Gasteiger partial charge on any atom is 0.237 e. The van der Waals surface area contributed by atoms with E-state index in [0.717, 1.165) is 5.56 Å². The highest BCUT2D eigenvalue weighted by Gasteiger charge is 2.14. The molecule has 1 amide bonds. The normalized spacial score (nSPS) is 13.9. The summed E-state index contributed by atoms with van der Waals surface area (Å²) in [6.07, 6.45) is 1.23. The van der Waals surface area contributed by atoms with Crippen LogP contribution >= 0.6 is 0 Å². The van der Waals surface area contributed by atoms with Crippen LogP contribution in [0.3, 0.4) is 0 Å². The van der Waals surface area contributed by atoms with Gasteiger partial charge >= 0.3 is 0 Å². The Balaban J connectivity index is 2.33. The molecule has 0 aromatic heterocycles. The standard InChI is InChI=1S/C14H22N2O2/c1-11(7-8-17)10-16-14(18)13(15)9-12-5-3-2-4-6-12/h2-6,11,13,17H,7-10,15H2,1H3,(H,16,18)/t11?,13-/m0/s1. The van der Waals surface area contributed by atoms with E-state index in [4.69, 9.17) is 10.8 Å². The Hall–Kier alpha value is -1.39. The van der Waals surface area contributed by atoms with Gasteiger partial charge in [0, 0.05) is 13.2 Å². The first-order valence-corrected chi connectivity index (χ1v) is 6.31. The zero-order chi connectivity index (χ0) is 13.4. The topological polar surface area (TPSA) is 75.3 Å². The fraction of sp³-hybridized carbons (Fsp3) is 0.500. The van der Waals surface area contributed by atoms with Crippen molar-refractivity contribution >= 4 is 5.91 Å². The van der Waals surface area contributed by atoms with Gasteiger partial charge in [-0.15, -0.1) is 0 Å². The van der Waals surface area contributed by atoms with E-state index >= 15 is 0 Å². The third kappa shape index (κ3) is 5.29. The predicted octanol–water partition coefficient (Wildman–Crippen LogP) is 0.691. The van der Waals surface area contributed by atoms with Crippen molar-refractivity contribution in [1.82, 2.24) is 5.32 Å². The fourth-order valence-corrected chi connectivity index (χ4v) is 1.69. The average molecular weight is 250 g/mol. The molecule has 1 rings (SSSR count). The van der Waals surface area contributed by atoms with E-state index in [9.17, 15) is 4.79 Å². The molecule has 4 heteroatoms. The molecule has 0 saturated heterocycles. The van der Waals surface area contributed by atoms with Gasteiger partial charge in [0.1, 0.15) is 0 Å². The fourth-order valence-electron chi connectivity index (χ4n) is 1.69. The molecule has 1 aromatic rings. The molecule has 4 nitrogen and oxygen atoms in total. The molecule has 4 N–H and O–H groups in total. The van der Waals surface area contributed by atoms with Gasteiger partial charge in [-0.1, -0.05) is 37.3 Å². The molecule has 0 radical (unpaired) electrons. The summed E-state index contributed by atoms with van der Waals surface area (Å²) in [6, 6.07) is 9.20. The van der Waals surface area contributed by atoms with E-state index in [1.54, 1.807) is 0 Å². The first-order valence-electron chi connectivity index (χ1n) is 6.31. The smallest absolute Gasteiger partial charge is 0.237 e. The Kier molecular flexibility index (Phi) is 6.39. The van der Waals surface area contributed by atoms with Crippen LogP contribution in [-0.4, -0.2) is 30.2 Å². The van der Waals surface area contributed by atoms with Gasteiger partial charge < -0.3 is 16.2 Å². The number of benzene rings is 1. The quantitative estimate of drug-likeness (QED) is 0.666. The Morgan fingerprint density at radius 3 is 2.67 bits per heavy atom. The molecule has 0 fully saturated rings. The van der Waals surface area contributed by atoms with Gasteiger partial charge in [0.2, 0.25) is 5.91 Å². The molecule has 0 aliphatic rings. The molecular formula is C14H22N2O2. The molecule has 18 heavy (non-hydrogen) atoms. The SMILES string of the molecule is CC(CCO)CNC(=O)[C@@H](N)Cc1ccccc1. The van der Waals surface area contributed by atoms with Crippen LogP contribution in [0.25, 0.3) is 0 Å². The highest BCUT2D eigenvalue weighted by Crippen LogP contribution is 2.02. The van der Waals surface area contributed by atoms with Crippen molar-refractivity contribution in [1.29, 1.82) is 0 Å². The molecule has 1 aromatic carbocycles. The van der Waals surface area contributed by atoms with Crippen LogP contribution in [0.1, 0.15) is 18.9 Å². The van der Waals surface area contributed by atoms with Gasteiger partial charge in [-0.3, -0.25) is 4.79 Å². The Bertz CT molecular complexity index is 354. The zero-order valence-corrected chi connectivity index (χ0v) is 10.8. The second kappa shape index (κ2) is 7.84. The van der Waals surface area contributed by atoms with Crippen molar-refractivity contribution in [2.75, 3.05) is 13.2 Å². The monoisotopic (exact) mass is 250 g/mol. The van der Waals surface area contributed by atoms with Crippen molar-refractivity contribution in [2.24, 2.45) is 11.7 Å². The van der Waals surface area contributed by atoms with E-state index in [-0.39, 0.29) is 18.4 Å². The maximum absolute atomic E-state index is 11.8. The summed E-state index contributed by atoms with van der Waals surface area (Å²) in [4.78, 5) is 11.8. The highest BCUT2D eigenvalue weighted by molar-refractivity contribution is 5.81. The van der Waals surface area contributed by atoms with E-state index < -0.39 is 6.04 Å². The maximum atomic E-state index is 11.8. The summed E-state index contributed by atoms with van der Waals surface area (Å²) in [5, 5.41) is 11.6. The second-order valence-corrected chi connectivity index (χ2v) is 4.66. The average Bonchev–Trinajstić information content (AvgIpc) is 2.37. The minimum Gasteiger partial charge on any atom is -0.396 e. The minimum atomic E-state index is -0.520. The van der Waals surface area contributed by atoms with Crippen LogP contribution in [0, 0.1) is 5.92 Å². The summed E-state index contributed by atoms with van der Waals surface area (Å²) in [7, 11) is 0. The van der Waals surface area contributed by atoms with Gasteiger partial charge in [-0.2, -0.15) is 0 Å². The van der Waals surface area contributed by atoms with E-state index in [0.29, 0.717) is 19.4 Å². The second-order valence-electron chi connectivity index (χ2n) is 4.66. The lowest BCUT2D eigenvalue weighted by Gasteiger charge is -2.15. The Labute approximate surface area is 108 Å². The van der Waals surface area contributed by atoms with E-state index in [1.165, 1.54) is 0 Å². The number of rotatable bonds is 7. The van der Waals surface area contributed by atoms with Crippen LogP contribution in [0.15, 0.2) is 30.3 Å². The van der Waals surface area contributed by atoms with Gasteiger partial charge in [0.05, 0.1) is 6.04 Å². The van der Waals surface area contributed by atoms with Crippen molar-refractivity contribution < 1.29 is 9.90 Å². The number of carbonyl (C=O) groups excluding carboxylic acids is 1. The molecule has 100 valence electrons. The van der Waals surface area contributed by atoms with Crippen molar-refractivity contribution in [2.45, 2.75) is 25.8 Å².